The molecule has 4 aromatic heterocycles. The maximum atomic E-state index is 2.36. The van der Waals surface area contributed by atoms with Gasteiger partial charge in [-0.2, -0.15) is 0 Å². The molecule has 0 saturated carbocycles. The van der Waals surface area contributed by atoms with Gasteiger partial charge in [0.05, 0.1) is 0 Å². The van der Waals surface area contributed by atoms with Crippen LogP contribution in [0.25, 0.3) is 50.1 Å². The van der Waals surface area contributed by atoms with Crippen LogP contribution in [0.15, 0.2) is 97.1 Å². The molecule has 0 aliphatic heterocycles. The van der Waals surface area contributed by atoms with Gasteiger partial charge < -0.3 is 0 Å². The van der Waals surface area contributed by atoms with Crippen LogP contribution in [0.4, 0.5) is 0 Å². The summed E-state index contributed by atoms with van der Waals surface area (Å²) in [5.41, 5.74) is 2.58. The first-order valence-corrected chi connectivity index (χ1v) is 16.0. The Balaban J connectivity index is 1.23. The van der Waals surface area contributed by atoms with E-state index in [1.54, 1.807) is 0 Å². The normalized spacial score (nSPS) is 11.2. The van der Waals surface area contributed by atoms with Gasteiger partial charge in [-0.15, -0.1) is 45.3 Å². The summed E-state index contributed by atoms with van der Waals surface area (Å²) in [6.45, 7) is 0. The van der Waals surface area contributed by atoms with Gasteiger partial charge in [-0.25, -0.2) is 0 Å². The molecule has 0 amide bonds. The van der Waals surface area contributed by atoms with E-state index in [-0.39, 0.29) is 0 Å². The molecule has 6 rings (SSSR count). The molecule has 0 saturated heterocycles. The third-order valence-electron chi connectivity index (χ3n) is 5.41. The SMILES string of the molecule is Ic1ccc(-c2ccc(-c3ccc(-c4ccc(-c5ccc(-c6ccc(I)cc6)s5)s4)s3)s2)cc1. The van der Waals surface area contributed by atoms with E-state index in [4.69, 9.17) is 0 Å². The minimum absolute atomic E-state index is 1.27. The molecule has 0 nitrogen and oxygen atoms in total. The first-order chi connectivity index (χ1) is 16.6. The number of benzene rings is 2. The van der Waals surface area contributed by atoms with E-state index in [0.29, 0.717) is 0 Å². The summed E-state index contributed by atoms with van der Waals surface area (Å²) in [5, 5.41) is 0. The van der Waals surface area contributed by atoms with Crippen molar-refractivity contribution in [3.8, 4) is 50.1 Å². The second kappa shape index (κ2) is 9.99. The van der Waals surface area contributed by atoms with Crippen LogP contribution in [-0.2, 0) is 0 Å². The first kappa shape index (κ1) is 23.1. The van der Waals surface area contributed by atoms with Gasteiger partial charge in [0, 0.05) is 46.2 Å². The Morgan fingerprint density at radius 1 is 0.294 bits per heavy atom. The van der Waals surface area contributed by atoms with Gasteiger partial charge in [0.15, 0.2) is 0 Å². The molecule has 0 aliphatic rings. The first-order valence-electron chi connectivity index (χ1n) is 10.5. The highest BCUT2D eigenvalue weighted by Gasteiger charge is 2.12. The molecule has 0 atom stereocenters. The zero-order valence-corrected chi connectivity index (χ0v) is 25.2. The Hall–Kier alpha value is -1.30. The molecule has 0 aliphatic carbocycles. The van der Waals surface area contributed by atoms with E-state index < -0.39 is 0 Å². The predicted molar refractivity (Wildman–Crippen MR) is 171 cm³/mol. The van der Waals surface area contributed by atoms with Crippen LogP contribution >= 0.6 is 90.5 Å². The van der Waals surface area contributed by atoms with Gasteiger partial charge in [0.2, 0.25) is 0 Å². The van der Waals surface area contributed by atoms with Crippen LogP contribution in [0.1, 0.15) is 0 Å². The average molecular weight is 735 g/mol. The van der Waals surface area contributed by atoms with Crippen molar-refractivity contribution in [2.75, 3.05) is 0 Å². The van der Waals surface area contributed by atoms with Crippen molar-refractivity contribution in [1.82, 2.24) is 0 Å². The third-order valence-corrected chi connectivity index (χ3v) is 11.9. The summed E-state index contributed by atoms with van der Waals surface area (Å²) in [5.74, 6) is 0. The van der Waals surface area contributed by atoms with Gasteiger partial charge in [0.25, 0.3) is 0 Å². The molecule has 0 bridgehead atoms. The Morgan fingerprint density at radius 3 is 0.824 bits per heavy atom. The molecule has 6 aromatic rings. The molecule has 34 heavy (non-hydrogen) atoms. The van der Waals surface area contributed by atoms with Crippen molar-refractivity contribution < 1.29 is 0 Å². The maximum Gasteiger partial charge on any atom is 0.0449 e. The van der Waals surface area contributed by atoms with Crippen LogP contribution < -0.4 is 0 Å². The van der Waals surface area contributed by atoms with E-state index in [1.165, 1.54) is 57.3 Å². The Bertz CT molecular complexity index is 1440. The lowest BCUT2D eigenvalue weighted by Crippen LogP contribution is -1.72. The fourth-order valence-electron chi connectivity index (χ4n) is 3.68. The lowest BCUT2D eigenvalue weighted by Gasteiger charge is -1.97. The summed E-state index contributed by atoms with van der Waals surface area (Å²) in [6, 6.07) is 35.6. The Morgan fingerprint density at radius 2 is 0.529 bits per heavy atom. The molecule has 0 N–H and O–H groups in total. The highest BCUT2D eigenvalue weighted by atomic mass is 127. The lowest BCUT2D eigenvalue weighted by atomic mass is 10.2. The van der Waals surface area contributed by atoms with Gasteiger partial charge in [-0.3, -0.25) is 0 Å². The summed E-state index contributed by atoms with van der Waals surface area (Å²) in [6.07, 6.45) is 0. The van der Waals surface area contributed by atoms with Crippen LogP contribution in [0, 0.1) is 7.14 Å². The molecular weight excluding hydrogens is 718 g/mol. The molecule has 6 heteroatoms. The molecule has 4 heterocycles. The molecule has 2 aromatic carbocycles. The average Bonchev–Trinajstić information content (AvgIpc) is 3.65. The van der Waals surface area contributed by atoms with Crippen LogP contribution in [0.2, 0.25) is 0 Å². The molecule has 166 valence electrons. The van der Waals surface area contributed by atoms with E-state index in [2.05, 4.69) is 142 Å². The van der Waals surface area contributed by atoms with E-state index >= 15 is 0 Å². The topological polar surface area (TPSA) is 0 Å². The maximum absolute atomic E-state index is 2.36. The molecule has 0 unspecified atom stereocenters. The van der Waals surface area contributed by atoms with Crippen molar-refractivity contribution in [2.24, 2.45) is 0 Å². The minimum Gasteiger partial charge on any atom is -0.134 e. The quantitative estimate of drug-likeness (QED) is 0.155. The summed E-state index contributed by atoms with van der Waals surface area (Å²) in [4.78, 5) is 10.7. The van der Waals surface area contributed by atoms with Crippen LogP contribution in [0.3, 0.4) is 0 Å². The largest absolute Gasteiger partial charge is 0.134 e. The van der Waals surface area contributed by atoms with Gasteiger partial charge in [-0.05, 0) is 129 Å². The van der Waals surface area contributed by atoms with Crippen molar-refractivity contribution in [3.05, 3.63) is 104 Å². The summed E-state index contributed by atoms with van der Waals surface area (Å²) in [7, 11) is 0. The fourth-order valence-corrected chi connectivity index (χ4v) is 8.71. The zero-order chi connectivity index (χ0) is 23.1. The second-order valence-corrected chi connectivity index (χ2v) is 14.5. The number of halogens is 2. The highest BCUT2D eigenvalue weighted by molar-refractivity contribution is 14.1. The minimum atomic E-state index is 1.27. The lowest BCUT2D eigenvalue weighted by molar-refractivity contribution is 1.64. The third kappa shape index (κ3) is 4.85. The van der Waals surface area contributed by atoms with Crippen molar-refractivity contribution in [2.45, 2.75) is 0 Å². The highest BCUT2D eigenvalue weighted by Crippen LogP contribution is 2.44. The Labute approximate surface area is 242 Å². The van der Waals surface area contributed by atoms with Crippen molar-refractivity contribution in [3.63, 3.8) is 0 Å². The van der Waals surface area contributed by atoms with Crippen LogP contribution in [-0.4, -0.2) is 0 Å². The number of rotatable bonds is 5. The molecule has 0 spiro atoms. The second-order valence-electron chi connectivity index (χ2n) is 7.67. The standard InChI is InChI=1S/C28H16I2S4/c29-19-5-1-17(2-6-19)21-9-11-23(31-21)25-13-15-27(33-25)28-16-14-26(34-28)24-12-10-22(32-24)18-3-7-20(30)8-4-18/h1-16H. The van der Waals surface area contributed by atoms with Crippen LogP contribution in [0.5, 0.6) is 0 Å². The van der Waals surface area contributed by atoms with Gasteiger partial charge in [0.1, 0.15) is 0 Å². The van der Waals surface area contributed by atoms with Crippen molar-refractivity contribution in [1.29, 1.82) is 0 Å². The number of thiophene rings is 4. The van der Waals surface area contributed by atoms with E-state index in [1.807, 2.05) is 45.3 Å². The summed E-state index contributed by atoms with van der Waals surface area (Å²) >= 11 is 12.2. The van der Waals surface area contributed by atoms with Gasteiger partial charge in [-0.1, -0.05) is 24.3 Å². The number of hydrogen-bond donors (Lipinski definition) is 0. The van der Waals surface area contributed by atoms with Crippen molar-refractivity contribution >= 4 is 90.5 Å². The fraction of sp³-hybridized carbons (Fsp3) is 0. The van der Waals surface area contributed by atoms with E-state index in [0.717, 1.165) is 0 Å². The monoisotopic (exact) mass is 734 g/mol. The molecule has 0 fully saturated rings. The zero-order valence-electron chi connectivity index (χ0n) is 17.6. The summed E-state index contributed by atoms with van der Waals surface area (Å²) < 4.78 is 2.54. The van der Waals surface area contributed by atoms with Gasteiger partial charge >= 0.3 is 0 Å². The predicted octanol–water partition coefficient (Wildman–Crippen LogP) is 11.5. The Kier molecular flexibility index (Phi) is 6.79. The van der Waals surface area contributed by atoms with E-state index in [9.17, 15) is 0 Å². The molecular formula is C28H16I2S4. The smallest absolute Gasteiger partial charge is 0.0449 e. The molecule has 0 radical (unpaired) electrons. The number of hydrogen-bond acceptors (Lipinski definition) is 4.